The highest BCUT2D eigenvalue weighted by atomic mass is 35.5. The van der Waals surface area contributed by atoms with Crippen molar-refractivity contribution in [1.29, 1.82) is 0 Å². The van der Waals surface area contributed by atoms with Gasteiger partial charge in [0.15, 0.2) is 0 Å². The number of hydrogen-bond acceptors (Lipinski definition) is 2. The number of pyridine rings is 1. The highest BCUT2D eigenvalue weighted by Gasteiger charge is 2.32. The molecule has 100 valence electrons. The predicted molar refractivity (Wildman–Crippen MR) is 74.9 cm³/mol. The van der Waals surface area contributed by atoms with Crippen LogP contribution in [0.4, 0.5) is 0 Å². The number of aromatic nitrogens is 1. The van der Waals surface area contributed by atoms with Crippen molar-refractivity contribution >= 4 is 28.5 Å². The Hall–Kier alpha value is -1.81. The lowest BCUT2D eigenvalue weighted by molar-refractivity contribution is -0.142. The maximum Gasteiger partial charge on any atom is 0.313 e. The highest BCUT2D eigenvalue weighted by molar-refractivity contribution is 6.31. The number of carbonyl (C=O) groups is 1. The van der Waals surface area contributed by atoms with Crippen LogP contribution in [0, 0.1) is 0 Å². The molecule has 1 N–H and O–H groups in total. The topological polar surface area (TPSA) is 59.3 Å². The molecule has 0 amide bonds. The summed E-state index contributed by atoms with van der Waals surface area (Å²) in [5.74, 6) is -1.04. The van der Waals surface area contributed by atoms with Crippen LogP contribution in [-0.2, 0) is 17.3 Å². The number of carboxylic acids is 1. The summed E-state index contributed by atoms with van der Waals surface area (Å²) >= 11 is 5.94. The van der Waals surface area contributed by atoms with Crippen molar-refractivity contribution in [2.75, 3.05) is 0 Å². The molecule has 4 nitrogen and oxygen atoms in total. The van der Waals surface area contributed by atoms with Crippen molar-refractivity contribution in [1.82, 2.24) is 4.57 Å². The summed E-state index contributed by atoms with van der Waals surface area (Å²) in [6.45, 7) is 3.03. The molecule has 0 atom stereocenters. The van der Waals surface area contributed by atoms with E-state index in [9.17, 15) is 14.7 Å². The van der Waals surface area contributed by atoms with Crippen LogP contribution in [0.1, 0.15) is 19.4 Å². The fourth-order valence-electron chi connectivity index (χ4n) is 2.02. The van der Waals surface area contributed by atoms with Crippen molar-refractivity contribution in [2.24, 2.45) is 7.05 Å². The van der Waals surface area contributed by atoms with Crippen LogP contribution in [0.25, 0.3) is 10.9 Å². The zero-order valence-corrected chi connectivity index (χ0v) is 11.7. The normalized spacial score (nSPS) is 11.8. The SMILES string of the molecule is Cn1c(=O)c(C(C)(C)C(=O)O)cc2cc(Cl)ccc21. The van der Waals surface area contributed by atoms with Gasteiger partial charge in [-0.15, -0.1) is 0 Å². The molecule has 0 aliphatic rings. The first-order chi connectivity index (χ1) is 8.75. The lowest BCUT2D eigenvalue weighted by Gasteiger charge is -2.20. The Morgan fingerprint density at radius 2 is 1.95 bits per heavy atom. The number of aryl methyl sites for hydroxylation is 1. The fourth-order valence-corrected chi connectivity index (χ4v) is 2.20. The fraction of sp³-hybridized carbons (Fsp3) is 0.286. The molecule has 0 spiro atoms. The van der Waals surface area contributed by atoms with Crippen LogP contribution in [0.5, 0.6) is 0 Å². The molecule has 0 radical (unpaired) electrons. The third kappa shape index (κ3) is 2.12. The molecular weight excluding hydrogens is 266 g/mol. The molecule has 0 saturated heterocycles. The van der Waals surface area contributed by atoms with Gasteiger partial charge in [-0.2, -0.15) is 0 Å². The summed E-state index contributed by atoms with van der Waals surface area (Å²) in [7, 11) is 1.63. The molecule has 1 heterocycles. The highest BCUT2D eigenvalue weighted by Crippen LogP contribution is 2.25. The van der Waals surface area contributed by atoms with Gasteiger partial charge in [0.25, 0.3) is 5.56 Å². The van der Waals surface area contributed by atoms with Gasteiger partial charge < -0.3 is 9.67 Å². The Kier molecular flexibility index (Phi) is 3.14. The van der Waals surface area contributed by atoms with Crippen LogP contribution in [-0.4, -0.2) is 15.6 Å². The van der Waals surface area contributed by atoms with Gasteiger partial charge in [-0.25, -0.2) is 0 Å². The van der Waals surface area contributed by atoms with E-state index in [1.807, 2.05) is 0 Å². The maximum atomic E-state index is 12.3. The van der Waals surface area contributed by atoms with Crippen LogP contribution in [0.15, 0.2) is 29.1 Å². The minimum Gasteiger partial charge on any atom is -0.481 e. The average Bonchev–Trinajstić information content (AvgIpc) is 2.33. The van der Waals surface area contributed by atoms with E-state index in [-0.39, 0.29) is 11.1 Å². The molecule has 5 heteroatoms. The Morgan fingerprint density at radius 3 is 2.53 bits per heavy atom. The number of rotatable bonds is 2. The largest absolute Gasteiger partial charge is 0.481 e. The number of benzene rings is 1. The summed E-state index contributed by atoms with van der Waals surface area (Å²) in [5, 5.41) is 10.6. The van der Waals surface area contributed by atoms with Gasteiger partial charge in [0.1, 0.15) is 0 Å². The van der Waals surface area contributed by atoms with E-state index >= 15 is 0 Å². The predicted octanol–water partition coefficient (Wildman–Crippen LogP) is 2.55. The molecule has 2 rings (SSSR count). The Morgan fingerprint density at radius 1 is 1.32 bits per heavy atom. The second-order valence-electron chi connectivity index (χ2n) is 5.06. The zero-order valence-electron chi connectivity index (χ0n) is 10.9. The van der Waals surface area contributed by atoms with E-state index in [1.165, 1.54) is 18.4 Å². The second kappa shape index (κ2) is 4.38. The molecule has 1 aromatic heterocycles. The smallest absolute Gasteiger partial charge is 0.313 e. The maximum absolute atomic E-state index is 12.3. The van der Waals surface area contributed by atoms with E-state index in [0.29, 0.717) is 5.02 Å². The monoisotopic (exact) mass is 279 g/mol. The van der Waals surface area contributed by atoms with Crippen LogP contribution >= 0.6 is 11.6 Å². The lowest BCUT2D eigenvalue weighted by Crippen LogP contribution is -2.37. The molecule has 0 fully saturated rings. The number of aliphatic carboxylic acids is 1. The Bertz CT molecular complexity index is 731. The van der Waals surface area contributed by atoms with E-state index in [4.69, 9.17) is 11.6 Å². The van der Waals surface area contributed by atoms with E-state index < -0.39 is 11.4 Å². The number of carboxylic acid groups (broad SMARTS) is 1. The lowest BCUT2D eigenvalue weighted by atomic mass is 9.85. The molecule has 0 aliphatic carbocycles. The van der Waals surface area contributed by atoms with Gasteiger partial charge in [0.05, 0.1) is 10.9 Å². The molecule has 19 heavy (non-hydrogen) atoms. The van der Waals surface area contributed by atoms with Gasteiger partial charge in [-0.1, -0.05) is 11.6 Å². The molecule has 0 saturated carbocycles. The molecule has 0 unspecified atom stereocenters. The summed E-state index contributed by atoms with van der Waals surface area (Å²) in [6, 6.07) is 6.78. The van der Waals surface area contributed by atoms with Crippen molar-refractivity contribution in [3.8, 4) is 0 Å². The summed E-state index contributed by atoms with van der Waals surface area (Å²) in [6.07, 6.45) is 0. The Balaban J connectivity index is 2.88. The van der Waals surface area contributed by atoms with Crippen LogP contribution < -0.4 is 5.56 Å². The molecule has 1 aromatic carbocycles. The minimum atomic E-state index is -1.24. The first-order valence-corrected chi connectivity index (χ1v) is 6.16. The number of nitrogens with zero attached hydrogens (tertiary/aromatic N) is 1. The van der Waals surface area contributed by atoms with E-state index in [0.717, 1.165) is 10.9 Å². The Labute approximate surface area is 115 Å². The minimum absolute atomic E-state index is 0.247. The van der Waals surface area contributed by atoms with Gasteiger partial charge in [-0.05, 0) is 38.1 Å². The third-order valence-corrected chi connectivity index (χ3v) is 3.63. The van der Waals surface area contributed by atoms with Gasteiger partial charge in [0, 0.05) is 23.0 Å². The number of halogens is 1. The standard InChI is InChI=1S/C14H14ClNO3/c1-14(2,13(18)19)10-7-8-6-9(15)4-5-11(8)16(3)12(10)17/h4-7H,1-3H3,(H,18,19). The van der Waals surface area contributed by atoms with Gasteiger partial charge in [-0.3, -0.25) is 9.59 Å². The van der Waals surface area contributed by atoms with E-state index in [2.05, 4.69) is 0 Å². The van der Waals surface area contributed by atoms with Crippen LogP contribution in [0.2, 0.25) is 5.02 Å². The van der Waals surface area contributed by atoms with Gasteiger partial charge in [0.2, 0.25) is 0 Å². The first-order valence-electron chi connectivity index (χ1n) is 5.78. The van der Waals surface area contributed by atoms with Crippen molar-refractivity contribution < 1.29 is 9.90 Å². The van der Waals surface area contributed by atoms with Crippen molar-refractivity contribution in [2.45, 2.75) is 19.3 Å². The van der Waals surface area contributed by atoms with Crippen molar-refractivity contribution in [3.05, 3.63) is 45.2 Å². The van der Waals surface area contributed by atoms with Gasteiger partial charge >= 0.3 is 5.97 Å². The quantitative estimate of drug-likeness (QED) is 0.919. The molecule has 2 aromatic rings. The molecular formula is C14H14ClNO3. The third-order valence-electron chi connectivity index (χ3n) is 3.39. The van der Waals surface area contributed by atoms with Crippen molar-refractivity contribution in [3.63, 3.8) is 0 Å². The van der Waals surface area contributed by atoms with E-state index in [1.54, 1.807) is 31.3 Å². The second-order valence-corrected chi connectivity index (χ2v) is 5.49. The number of fused-ring (bicyclic) bond motifs is 1. The zero-order chi connectivity index (χ0) is 14.4. The van der Waals surface area contributed by atoms with Crippen LogP contribution in [0.3, 0.4) is 0 Å². The number of hydrogen-bond donors (Lipinski definition) is 1. The molecule has 0 bridgehead atoms. The summed E-state index contributed by atoms with van der Waals surface area (Å²) in [5.41, 5.74) is -0.579. The summed E-state index contributed by atoms with van der Waals surface area (Å²) in [4.78, 5) is 23.6. The summed E-state index contributed by atoms with van der Waals surface area (Å²) < 4.78 is 1.45. The first kappa shape index (κ1) is 13.6. The molecule has 0 aliphatic heterocycles. The average molecular weight is 280 g/mol.